The van der Waals surface area contributed by atoms with E-state index in [4.69, 9.17) is 9.57 Å². The number of benzene rings is 2. The SMILES string of the molecule is CCOc1ccc2nc(NC(=O)c3cccn(OCc4cccc([N+](=O)[O-])c4)c3=O)sc2c1. The lowest BCUT2D eigenvalue weighted by Crippen LogP contribution is -2.32. The highest BCUT2D eigenvalue weighted by atomic mass is 32.1. The van der Waals surface area contributed by atoms with E-state index < -0.39 is 16.4 Å². The number of carbonyl (C=O) groups excluding carboxylic acids is 1. The van der Waals surface area contributed by atoms with Crippen LogP contribution >= 0.6 is 11.3 Å². The number of anilines is 1. The minimum atomic E-state index is -0.667. The molecule has 0 bridgehead atoms. The molecule has 0 aliphatic heterocycles. The fraction of sp³-hybridized carbons (Fsp3) is 0.136. The number of hydrogen-bond acceptors (Lipinski definition) is 8. The number of aromatic nitrogens is 2. The highest BCUT2D eigenvalue weighted by molar-refractivity contribution is 7.22. The van der Waals surface area contributed by atoms with Crippen LogP contribution in [0.3, 0.4) is 0 Å². The van der Waals surface area contributed by atoms with Gasteiger partial charge >= 0.3 is 0 Å². The van der Waals surface area contributed by atoms with Crippen LogP contribution in [-0.2, 0) is 6.61 Å². The molecule has 4 rings (SSSR count). The molecule has 2 aromatic carbocycles. The van der Waals surface area contributed by atoms with E-state index in [1.54, 1.807) is 18.2 Å². The lowest BCUT2D eigenvalue weighted by atomic mass is 10.2. The normalized spacial score (nSPS) is 10.7. The van der Waals surface area contributed by atoms with Crippen LogP contribution in [0.2, 0.25) is 0 Å². The van der Waals surface area contributed by atoms with Gasteiger partial charge in [0.2, 0.25) is 0 Å². The van der Waals surface area contributed by atoms with Crippen LogP contribution in [0.15, 0.2) is 65.6 Å². The molecule has 0 spiro atoms. The Morgan fingerprint density at radius 1 is 1.21 bits per heavy atom. The summed E-state index contributed by atoms with van der Waals surface area (Å²) in [6, 6.07) is 14.2. The van der Waals surface area contributed by atoms with Gasteiger partial charge < -0.3 is 9.57 Å². The molecule has 0 atom stereocenters. The molecule has 2 heterocycles. The van der Waals surface area contributed by atoms with Crippen LogP contribution in [0.25, 0.3) is 10.2 Å². The second-order valence-electron chi connectivity index (χ2n) is 6.79. The molecule has 0 saturated carbocycles. The van der Waals surface area contributed by atoms with E-state index >= 15 is 0 Å². The van der Waals surface area contributed by atoms with Crippen molar-refractivity contribution in [3.05, 3.63) is 92.4 Å². The van der Waals surface area contributed by atoms with Crippen molar-refractivity contribution < 1.29 is 19.3 Å². The van der Waals surface area contributed by atoms with Gasteiger partial charge in [-0.25, -0.2) is 4.98 Å². The fourth-order valence-corrected chi connectivity index (χ4v) is 3.92. The van der Waals surface area contributed by atoms with Gasteiger partial charge in [0.1, 0.15) is 17.9 Å². The first-order valence-corrected chi connectivity index (χ1v) is 10.7. The van der Waals surface area contributed by atoms with Crippen LogP contribution in [0.1, 0.15) is 22.8 Å². The van der Waals surface area contributed by atoms with Crippen molar-refractivity contribution in [1.29, 1.82) is 0 Å². The Bertz CT molecular complexity index is 1400. The second kappa shape index (κ2) is 9.49. The van der Waals surface area contributed by atoms with Crippen molar-refractivity contribution in [3.63, 3.8) is 0 Å². The number of hydrogen-bond donors (Lipinski definition) is 1. The molecule has 0 radical (unpaired) electrons. The van der Waals surface area contributed by atoms with Crippen LogP contribution in [-0.4, -0.2) is 27.2 Å². The number of pyridine rings is 1. The number of carbonyl (C=O) groups is 1. The maximum absolute atomic E-state index is 12.7. The first kappa shape index (κ1) is 22.0. The number of thiazole rings is 1. The molecule has 0 aliphatic carbocycles. The van der Waals surface area contributed by atoms with Gasteiger partial charge in [0.25, 0.3) is 17.2 Å². The molecule has 0 saturated heterocycles. The quantitative estimate of drug-likeness (QED) is 0.310. The summed E-state index contributed by atoms with van der Waals surface area (Å²) in [6.45, 7) is 2.34. The molecule has 168 valence electrons. The lowest BCUT2D eigenvalue weighted by molar-refractivity contribution is -0.384. The summed E-state index contributed by atoms with van der Waals surface area (Å²) in [4.78, 5) is 45.7. The molecule has 33 heavy (non-hydrogen) atoms. The van der Waals surface area contributed by atoms with E-state index in [0.717, 1.165) is 9.43 Å². The van der Waals surface area contributed by atoms with E-state index in [1.165, 1.54) is 47.9 Å². The van der Waals surface area contributed by atoms with E-state index in [0.29, 0.717) is 28.6 Å². The maximum atomic E-state index is 12.7. The van der Waals surface area contributed by atoms with Gasteiger partial charge in [0.05, 0.1) is 21.7 Å². The predicted octanol–water partition coefficient (Wildman–Crippen LogP) is 3.65. The Morgan fingerprint density at radius 3 is 2.85 bits per heavy atom. The van der Waals surface area contributed by atoms with Crippen molar-refractivity contribution in [2.45, 2.75) is 13.5 Å². The molecular weight excluding hydrogens is 448 g/mol. The zero-order valence-corrected chi connectivity index (χ0v) is 18.2. The summed E-state index contributed by atoms with van der Waals surface area (Å²) < 4.78 is 7.23. The standard InChI is InChI=1S/C22H18N4O6S/c1-2-31-16-8-9-18-19(12-16)33-22(23-18)24-20(27)17-7-4-10-25(21(17)28)32-13-14-5-3-6-15(11-14)26(29)30/h3-12H,2,13H2,1H3,(H,23,24,27). The van der Waals surface area contributed by atoms with Crippen molar-refractivity contribution >= 4 is 38.3 Å². The minimum Gasteiger partial charge on any atom is -0.494 e. The minimum absolute atomic E-state index is 0.0826. The number of amides is 1. The molecule has 0 unspecified atom stereocenters. The molecular formula is C22H18N4O6S. The predicted molar refractivity (Wildman–Crippen MR) is 123 cm³/mol. The molecule has 0 fully saturated rings. The second-order valence-corrected chi connectivity index (χ2v) is 7.82. The largest absolute Gasteiger partial charge is 0.494 e. The molecule has 1 amide bonds. The monoisotopic (exact) mass is 466 g/mol. The fourth-order valence-electron chi connectivity index (χ4n) is 3.03. The average molecular weight is 466 g/mol. The van der Waals surface area contributed by atoms with Gasteiger partial charge in [-0.1, -0.05) is 23.5 Å². The number of nitro benzene ring substituents is 1. The van der Waals surface area contributed by atoms with Crippen LogP contribution < -0.4 is 20.5 Å². The highest BCUT2D eigenvalue weighted by Crippen LogP contribution is 2.29. The van der Waals surface area contributed by atoms with E-state index in [1.807, 2.05) is 13.0 Å². The van der Waals surface area contributed by atoms with Crippen molar-refractivity contribution in [2.24, 2.45) is 0 Å². The first-order chi connectivity index (χ1) is 15.9. The number of fused-ring (bicyclic) bond motifs is 1. The first-order valence-electron chi connectivity index (χ1n) is 9.87. The number of non-ortho nitro benzene ring substituents is 1. The number of nitrogens with zero attached hydrogens (tertiary/aromatic N) is 3. The number of ether oxygens (including phenoxy) is 1. The summed E-state index contributed by atoms with van der Waals surface area (Å²) >= 11 is 1.26. The van der Waals surface area contributed by atoms with Crippen LogP contribution in [0.4, 0.5) is 10.8 Å². The molecule has 0 aliphatic rings. The maximum Gasteiger partial charge on any atom is 0.295 e. The Balaban J connectivity index is 1.49. The Morgan fingerprint density at radius 2 is 2.06 bits per heavy atom. The number of nitro groups is 1. The summed E-state index contributed by atoms with van der Waals surface area (Å²) in [6.07, 6.45) is 1.36. The zero-order valence-electron chi connectivity index (χ0n) is 17.4. The van der Waals surface area contributed by atoms with Gasteiger partial charge in [-0.05, 0) is 42.8 Å². The smallest absolute Gasteiger partial charge is 0.295 e. The van der Waals surface area contributed by atoms with Crippen molar-refractivity contribution in [2.75, 3.05) is 11.9 Å². The summed E-state index contributed by atoms with van der Waals surface area (Å²) in [5.41, 5.74) is 0.322. The molecule has 11 heteroatoms. The Kier molecular flexibility index (Phi) is 6.31. The van der Waals surface area contributed by atoms with Gasteiger partial charge in [-0.2, -0.15) is 4.73 Å². The molecule has 10 nitrogen and oxygen atoms in total. The van der Waals surface area contributed by atoms with Crippen LogP contribution in [0.5, 0.6) is 5.75 Å². The average Bonchev–Trinajstić information content (AvgIpc) is 3.20. The Hall–Kier alpha value is -4.25. The molecule has 1 N–H and O–H groups in total. The number of nitrogens with one attached hydrogen (secondary N) is 1. The van der Waals surface area contributed by atoms with Gasteiger partial charge in [-0.15, -0.1) is 0 Å². The Labute approximate surface area is 191 Å². The van der Waals surface area contributed by atoms with Gasteiger partial charge in [0, 0.05) is 18.3 Å². The molecule has 4 aromatic rings. The van der Waals surface area contributed by atoms with Gasteiger partial charge in [0.15, 0.2) is 5.13 Å². The van der Waals surface area contributed by atoms with Crippen LogP contribution in [0, 0.1) is 10.1 Å². The third kappa shape index (κ3) is 4.99. The van der Waals surface area contributed by atoms with E-state index in [2.05, 4.69) is 10.3 Å². The van der Waals surface area contributed by atoms with Crippen molar-refractivity contribution in [1.82, 2.24) is 9.71 Å². The molecule has 2 aromatic heterocycles. The van der Waals surface area contributed by atoms with E-state index in [9.17, 15) is 19.7 Å². The van der Waals surface area contributed by atoms with E-state index in [-0.39, 0.29) is 17.9 Å². The summed E-state index contributed by atoms with van der Waals surface area (Å²) in [5, 5.41) is 13.9. The third-order valence-corrected chi connectivity index (χ3v) is 5.48. The topological polar surface area (TPSA) is 126 Å². The number of rotatable bonds is 8. The highest BCUT2D eigenvalue weighted by Gasteiger charge is 2.16. The summed E-state index contributed by atoms with van der Waals surface area (Å²) in [5.74, 6) is 0.0794. The van der Waals surface area contributed by atoms with Crippen molar-refractivity contribution in [3.8, 4) is 5.75 Å². The van der Waals surface area contributed by atoms with Gasteiger partial charge in [-0.3, -0.25) is 25.0 Å². The zero-order chi connectivity index (χ0) is 23.4. The third-order valence-electron chi connectivity index (χ3n) is 4.54. The summed E-state index contributed by atoms with van der Waals surface area (Å²) in [7, 11) is 0. The lowest BCUT2D eigenvalue weighted by Gasteiger charge is -2.09.